The van der Waals surface area contributed by atoms with E-state index in [1.165, 1.54) is 17.6 Å². The van der Waals surface area contributed by atoms with Crippen LogP contribution in [0.4, 0.5) is 5.69 Å². The van der Waals surface area contributed by atoms with Crippen LogP contribution in [-0.2, 0) is 19.9 Å². The van der Waals surface area contributed by atoms with Crippen molar-refractivity contribution in [3.05, 3.63) is 48.8 Å². The van der Waals surface area contributed by atoms with Gasteiger partial charge in [0, 0.05) is 17.8 Å². The second-order valence-corrected chi connectivity index (χ2v) is 10.6. The van der Waals surface area contributed by atoms with Crippen molar-refractivity contribution in [2.75, 3.05) is 22.9 Å². The standard InChI is InChI=1S/C18H19N3O5S2/c1-26-15-6-4-13(5-7-15)21(14-8-10-27(22,23)12-14)28(24,25)17-11-20-18-16(17)3-2-9-19-18/h2-7,9,11,14H,8,10,12H2,1H3,(H,19,20)/t14-/m0/s1. The summed E-state index contributed by atoms with van der Waals surface area (Å²) < 4.78 is 57.7. The van der Waals surface area contributed by atoms with Crippen molar-refractivity contribution in [3.8, 4) is 5.75 Å². The van der Waals surface area contributed by atoms with E-state index < -0.39 is 25.9 Å². The average Bonchev–Trinajstić information content (AvgIpc) is 3.26. The molecule has 3 aromatic rings. The molecule has 0 spiro atoms. The zero-order chi connectivity index (χ0) is 19.9. The number of hydrogen-bond acceptors (Lipinski definition) is 6. The van der Waals surface area contributed by atoms with Gasteiger partial charge in [-0.2, -0.15) is 0 Å². The van der Waals surface area contributed by atoms with Crippen LogP contribution in [0.15, 0.2) is 53.7 Å². The van der Waals surface area contributed by atoms with Gasteiger partial charge in [0.05, 0.1) is 30.3 Å². The van der Waals surface area contributed by atoms with Crippen molar-refractivity contribution >= 4 is 36.6 Å². The number of rotatable bonds is 5. The summed E-state index contributed by atoms with van der Waals surface area (Å²) in [5.74, 6) is 0.338. The van der Waals surface area contributed by atoms with Crippen molar-refractivity contribution in [3.63, 3.8) is 0 Å². The van der Waals surface area contributed by atoms with Crippen LogP contribution in [0, 0.1) is 0 Å². The molecule has 0 saturated carbocycles. The molecule has 1 fully saturated rings. The number of anilines is 1. The number of pyridine rings is 1. The van der Waals surface area contributed by atoms with Crippen molar-refractivity contribution < 1.29 is 21.6 Å². The maximum atomic E-state index is 13.6. The quantitative estimate of drug-likeness (QED) is 0.674. The molecule has 0 unspecified atom stereocenters. The monoisotopic (exact) mass is 421 g/mol. The Morgan fingerprint density at radius 2 is 1.96 bits per heavy atom. The van der Waals surface area contributed by atoms with Gasteiger partial charge in [0.15, 0.2) is 9.84 Å². The van der Waals surface area contributed by atoms with Crippen LogP contribution in [0.2, 0.25) is 0 Å². The fraction of sp³-hybridized carbons (Fsp3) is 0.278. The van der Waals surface area contributed by atoms with Crippen molar-refractivity contribution in [2.45, 2.75) is 17.4 Å². The molecule has 1 atom stereocenters. The molecule has 1 aromatic carbocycles. The van der Waals surface area contributed by atoms with Gasteiger partial charge in [0.1, 0.15) is 16.3 Å². The Labute approximate surface area is 163 Å². The largest absolute Gasteiger partial charge is 0.497 e. The number of ether oxygens (including phenoxy) is 1. The van der Waals surface area contributed by atoms with Crippen LogP contribution in [0.25, 0.3) is 11.0 Å². The highest BCUT2D eigenvalue weighted by molar-refractivity contribution is 7.93. The Balaban J connectivity index is 1.86. The average molecular weight is 422 g/mol. The Bertz CT molecular complexity index is 1220. The van der Waals surface area contributed by atoms with E-state index >= 15 is 0 Å². The first-order valence-electron chi connectivity index (χ1n) is 8.63. The van der Waals surface area contributed by atoms with Gasteiger partial charge >= 0.3 is 0 Å². The van der Waals surface area contributed by atoms with Gasteiger partial charge in [-0.1, -0.05) is 0 Å². The first-order valence-corrected chi connectivity index (χ1v) is 11.9. The highest BCUT2D eigenvalue weighted by Gasteiger charge is 2.40. The lowest BCUT2D eigenvalue weighted by Gasteiger charge is -2.29. The summed E-state index contributed by atoms with van der Waals surface area (Å²) >= 11 is 0. The van der Waals surface area contributed by atoms with E-state index in [1.807, 2.05) is 0 Å². The zero-order valence-corrected chi connectivity index (χ0v) is 16.7. The molecule has 148 valence electrons. The third kappa shape index (κ3) is 3.22. The summed E-state index contributed by atoms with van der Waals surface area (Å²) in [6.07, 6.45) is 3.21. The Kier molecular flexibility index (Phi) is 4.54. The molecule has 3 heterocycles. The van der Waals surface area contributed by atoms with Gasteiger partial charge < -0.3 is 9.72 Å². The smallest absolute Gasteiger partial charge is 0.266 e. The Morgan fingerprint density at radius 3 is 2.61 bits per heavy atom. The number of nitrogens with zero attached hydrogens (tertiary/aromatic N) is 2. The minimum Gasteiger partial charge on any atom is -0.497 e. The molecule has 28 heavy (non-hydrogen) atoms. The molecule has 1 N–H and O–H groups in total. The number of methoxy groups -OCH3 is 1. The van der Waals surface area contributed by atoms with E-state index in [-0.39, 0.29) is 22.8 Å². The third-order valence-electron chi connectivity index (χ3n) is 4.82. The number of nitrogens with one attached hydrogen (secondary N) is 1. The molecular weight excluding hydrogens is 402 g/mol. The molecule has 1 aliphatic heterocycles. The number of sulfonamides is 1. The summed E-state index contributed by atoms with van der Waals surface area (Å²) in [7, 11) is -5.80. The minimum atomic E-state index is -4.03. The van der Waals surface area contributed by atoms with Crippen LogP contribution in [-0.4, -0.2) is 51.5 Å². The summed E-state index contributed by atoms with van der Waals surface area (Å²) in [6, 6.07) is 9.19. The highest BCUT2D eigenvalue weighted by Crippen LogP contribution is 2.34. The fourth-order valence-corrected chi connectivity index (χ4v) is 7.11. The maximum absolute atomic E-state index is 13.6. The van der Waals surface area contributed by atoms with Crippen LogP contribution in [0.3, 0.4) is 0 Å². The number of fused-ring (bicyclic) bond motifs is 1. The molecule has 8 nitrogen and oxygen atoms in total. The number of H-pyrrole nitrogens is 1. The van der Waals surface area contributed by atoms with Gasteiger partial charge in [0.2, 0.25) is 0 Å². The summed E-state index contributed by atoms with van der Waals surface area (Å²) in [5, 5.41) is 0.460. The van der Waals surface area contributed by atoms with Crippen LogP contribution >= 0.6 is 0 Å². The molecule has 0 aliphatic carbocycles. The molecule has 1 aliphatic rings. The predicted octanol–water partition coefficient (Wildman–Crippen LogP) is 1.95. The summed E-state index contributed by atoms with van der Waals surface area (Å²) in [5.41, 5.74) is 0.843. The van der Waals surface area contributed by atoms with E-state index in [4.69, 9.17) is 4.74 Å². The van der Waals surface area contributed by atoms with E-state index in [0.717, 1.165) is 0 Å². The lowest BCUT2D eigenvalue weighted by atomic mass is 10.2. The lowest BCUT2D eigenvalue weighted by molar-refractivity contribution is 0.415. The summed E-state index contributed by atoms with van der Waals surface area (Å²) in [4.78, 5) is 7.08. The highest BCUT2D eigenvalue weighted by atomic mass is 32.2. The van der Waals surface area contributed by atoms with Crippen LogP contribution in [0.1, 0.15) is 6.42 Å². The molecular formula is C18H19N3O5S2. The lowest BCUT2D eigenvalue weighted by Crippen LogP contribution is -2.41. The molecule has 10 heteroatoms. The van der Waals surface area contributed by atoms with Crippen molar-refractivity contribution in [1.29, 1.82) is 0 Å². The van der Waals surface area contributed by atoms with Gasteiger partial charge in [-0.25, -0.2) is 21.8 Å². The van der Waals surface area contributed by atoms with Gasteiger partial charge in [-0.15, -0.1) is 0 Å². The summed E-state index contributed by atoms with van der Waals surface area (Å²) in [6.45, 7) is 0. The second-order valence-electron chi connectivity index (χ2n) is 6.61. The van der Waals surface area contributed by atoms with E-state index in [0.29, 0.717) is 22.5 Å². The topological polar surface area (TPSA) is 109 Å². The Morgan fingerprint density at radius 1 is 1.21 bits per heavy atom. The zero-order valence-electron chi connectivity index (χ0n) is 15.1. The first kappa shape index (κ1) is 18.8. The number of aromatic nitrogens is 2. The number of hydrogen-bond donors (Lipinski definition) is 1. The normalized spacial score (nSPS) is 19.0. The van der Waals surface area contributed by atoms with Crippen LogP contribution in [0.5, 0.6) is 5.75 Å². The van der Waals surface area contributed by atoms with Gasteiger partial charge in [-0.3, -0.25) is 4.31 Å². The Hall–Kier alpha value is -2.59. The molecule has 0 bridgehead atoms. The van der Waals surface area contributed by atoms with Crippen molar-refractivity contribution in [1.82, 2.24) is 9.97 Å². The second kappa shape index (κ2) is 6.78. The third-order valence-corrected chi connectivity index (χ3v) is 8.49. The SMILES string of the molecule is COc1ccc(N([C@H]2CCS(=O)(=O)C2)S(=O)(=O)c2c[nH]c3ncccc23)cc1. The molecule has 4 rings (SSSR count). The molecule has 0 radical (unpaired) electrons. The molecule has 0 amide bonds. The van der Waals surface area contributed by atoms with Crippen LogP contribution < -0.4 is 9.04 Å². The van der Waals surface area contributed by atoms with E-state index in [1.54, 1.807) is 42.6 Å². The fourth-order valence-electron chi connectivity index (χ4n) is 3.49. The maximum Gasteiger partial charge on any atom is 0.266 e. The number of aromatic amines is 1. The molecule has 1 saturated heterocycles. The van der Waals surface area contributed by atoms with Gasteiger partial charge in [0.25, 0.3) is 10.0 Å². The first-order chi connectivity index (χ1) is 13.3. The van der Waals surface area contributed by atoms with Crippen molar-refractivity contribution in [2.24, 2.45) is 0 Å². The number of sulfone groups is 1. The minimum absolute atomic E-state index is 0.0325. The van der Waals surface area contributed by atoms with E-state index in [2.05, 4.69) is 9.97 Å². The molecule has 2 aromatic heterocycles. The van der Waals surface area contributed by atoms with E-state index in [9.17, 15) is 16.8 Å². The number of benzene rings is 1. The predicted molar refractivity (Wildman–Crippen MR) is 106 cm³/mol. The van der Waals surface area contributed by atoms with Gasteiger partial charge in [-0.05, 0) is 42.8 Å².